The second kappa shape index (κ2) is 4.34. The molecule has 3 nitrogen and oxygen atoms in total. The van der Waals surface area contributed by atoms with Crippen LogP contribution in [-0.4, -0.2) is 42.1 Å². The van der Waals surface area contributed by atoms with Gasteiger partial charge in [0.2, 0.25) is 0 Å². The zero-order valence-corrected chi connectivity index (χ0v) is 10.9. The summed E-state index contributed by atoms with van der Waals surface area (Å²) >= 11 is 3.43. The number of rotatable bonds is 1. The highest BCUT2D eigenvalue weighted by Gasteiger charge is 2.30. The second-order valence-electron chi connectivity index (χ2n) is 4.61. The van der Waals surface area contributed by atoms with E-state index in [0.29, 0.717) is 0 Å². The molecule has 0 aromatic carbocycles. The van der Waals surface area contributed by atoms with Gasteiger partial charge in [-0.05, 0) is 47.4 Å². The first kappa shape index (κ1) is 10.5. The summed E-state index contributed by atoms with van der Waals surface area (Å²) in [7, 11) is 0. The van der Waals surface area contributed by atoms with Gasteiger partial charge in [0.1, 0.15) is 5.82 Å². The number of fused-ring (bicyclic) bond motifs is 1. The van der Waals surface area contributed by atoms with Gasteiger partial charge >= 0.3 is 0 Å². The predicted molar refractivity (Wildman–Crippen MR) is 68.7 cm³/mol. The van der Waals surface area contributed by atoms with Crippen molar-refractivity contribution in [3.63, 3.8) is 0 Å². The molecule has 2 fully saturated rings. The van der Waals surface area contributed by atoms with Crippen molar-refractivity contribution in [1.29, 1.82) is 0 Å². The highest BCUT2D eigenvalue weighted by atomic mass is 79.9. The van der Waals surface area contributed by atoms with Crippen molar-refractivity contribution in [3.05, 3.63) is 22.8 Å². The fraction of sp³-hybridized carbons (Fsp3) is 0.583. The molecule has 0 N–H and O–H groups in total. The Balaban J connectivity index is 1.74. The monoisotopic (exact) mass is 281 g/mol. The van der Waals surface area contributed by atoms with Gasteiger partial charge in [-0.3, -0.25) is 4.90 Å². The van der Waals surface area contributed by atoms with E-state index in [1.165, 1.54) is 25.9 Å². The molecule has 3 rings (SSSR count). The highest BCUT2D eigenvalue weighted by molar-refractivity contribution is 9.10. The van der Waals surface area contributed by atoms with Crippen molar-refractivity contribution in [2.75, 3.05) is 31.1 Å². The van der Waals surface area contributed by atoms with Gasteiger partial charge in [-0.1, -0.05) is 0 Å². The zero-order valence-electron chi connectivity index (χ0n) is 9.27. The molecule has 3 heterocycles. The Hall–Kier alpha value is -0.610. The summed E-state index contributed by atoms with van der Waals surface area (Å²) in [5.74, 6) is 1.12. The van der Waals surface area contributed by atoms with Crippen LogP contribution in [0.5, 0.6) is 0 Å². The molecule has 1 unspecified atom stereocenters. The van der Waals surface area contributed by atoms with E-state index in [1.54, 1.807) is 0 Å². The normalized spacial score (nSPS) is 25.8. The Morgan fingerprint density at radius 3 is 3.00 bits per heavy atom. The number of nitrogens with zero attached hydrogens (tertiary/aromatic N) is 3. The number of aromatic nitrogens is 1. The van der Waals surface area contributed by atoms with Crippen LogP contribution in [-0.2, 0) is 0 Å². The Morgan fingerprint density at radius 2 is 2.19 bits per heavy atom. The third-order valence-electron chi connectivity index (χ3n) is 3.62. The molecule has 0 spiro atoms. The van der Waals surface area contributed by atoms with Crippen LogP contribution in [0, 0.1) is 0 Å². The van der Waals surface area contributed by atoms with Crippen LogP contribution in [0.4, 0.5) is 5.82 Å². The van der Waals surface area contributed by atoms with E-state index in [9.17, 15) is 0 Å². The Kier molecular flexibility index (Phi) is 2.86. The molecule has 4 heteroatoms. The van der Waals surface area contributed by atoms with Gasteiger partial charge in [-0.25, -0.2) is 4.98 Å². The number of piperazine rings is 1. The van der Waals surface area contributed by atoms with Crippen LogP contribution < -0.4 is 4.90 Å². The van der Waals surface area contributed by atoms with Gasteiger partial charge in [0, 0.05) is 36.3 Å². The topological polar surface area (TPSA) is 19.4 Å². The summed E-state index contributed by atoms with van der Waals surface area (Å²) in [6.45, 7) is 4.76. The molecule has 16 heavy (non-hydrogen) atoms. The lowest BCUT2D eigenvalue weighted by Crippen LogP contribution is -2.50. The highest BCUT2D eigenvalue weighted by Crippen LogP contribution is 2.24. The maximum atomic E-state index is 4.48. The Labute approximate surface area is 105 Å². The summed E-state index contributed by atoms with van der Waals surface area (Å²) in [5, 5.41) is 0. The lowest BCUT2D eigenvalue weighted by atomic mass is 10.1. The van der Waals surface area contributed by atoms with E-state index in [1.807, 2.05) is 6.20 Å². The van der Waals surface area contributed by atoms with E-state index in [-0.39, 0.29) is 0 Å². The molecule has 0 amide bonds. The van der Waals surface area contributed by atoms with Gasteiger partial charge in [0.25, 0.3) is 0 Å². The van der Waals surface area contributed by atoms with Crippen LogP contribution in [0.1, 0.15) is 12.8 Å². The van der Waals surface area contributed by atoms with E-state index in [0.717, 1.165) is 29.4 Å². The van der Waals surface area contributed by atoms with E-state index >= 15 is 0 Å². The lowest BCUT2D eigenvalue weighted by molar-refractivity contribution is 0.230. The molecule has 86 valence electrons. The van der Waals surface area contributed by atoms with Gasteiger partial charge in [0.15, 0.2) is 0 Å². The first-order chi connectivity index (χ1) is 7.83. The van der Waals surface area contributed by atoms with E-state index < -0.39 is 0 Å². The predicted octanol–water partition coefficient (Wildman–Crippen LogP) is 2.13. The minimum Gasteiger partial charge on any atom is -0.354 e. The first-order valence-corrected chi connectivity index (χ1v) is 6.73. The SMILES string of the molecule is Brc1ccc(N2CCN3CCCC3C2)nc1. The first-order valence-electron chi connectivity index (χ1n) is 5.93. The third-order valence-corrected chi connectivity index (χ3v) is 4.09. The van der Waals surface area contributed by atoms with Gasteiger partial charge < -0.3 is 4.90 Å². The minimum absolute atomic E-state index is 0.763. The molecule has 0 aliphatic carbocycles. The molecule has 0 saturated carbocycles. The van der Waals surface area contributed by atoms with E-state index in [4.69, 9.17) is 0 Å². The largest absolute Gasteiger partial charge is 0.354 e. The van der Waals surface area contributed by atoms with E-state index in [2.05, 4.69) is 42.8 Å². The summed E-state index contributed by atoms with van der Waals surface area (Å²) in [4.78, 5) is 9.51. The fourth-order valence-corrected chi connectivity index (χ4v) is 2.99. The zero-order chi connectivity index (χ0) is 11.0. The van der Waals surface area contributed by atoms with Crippen LogP contribution in [0.2, 0.25) is 0 Å². The minimum atomic E-state index is 0.763. The van der Waals surface area contributed by atoms with Crippen molar-refractivity contribution < 1.29 is 0 Å². The second-order valence-corrected chi connectivity index (χ2v) is 5.53. The summed E-state index contributed by atoms with van der Waals surface area (Å²) < 4.78 is 1.05. The molecular weight excluding hydrogens is 266 g/mol. The van der Waals surface area contributed by atoms with Crippen molar-refractivity contribution >= 4 is 21.7 Å². The fourth-order valence-electron chi connectivity index (χ4n) is 2.75. The molecule has 2 aliphatic rings. The van der Waals surface area contributed by atoms with Crippen LogP contribution in [0.3, 0.4) is 0 Å². The smallest absolute Gasteiger partial charge is 0.128 e. The van der Waals surface area contributed by atoms with Crippen molar-refractivity contribution in [2.24, 2.45) is 0 Å². The molecule has 2 aliphatic heterocycles. The van der Waals surface area contributed by atoms with Crippen molar-refractivity contribution in [3.8, 4) is 0 Å². The molecule has 2 saturated heterocycles. The molecule has 1 atom stereocenters. The number of hydrogen-bond donors (Lipinski definition) is 0. The van der Waals surface area contributed by atoms with Crippen LogP contribution >= 0.6 is 15.9 Å². The molecule has 0 bridgehead atoms. The maximum absolute atomic E-state index is 4.48. The molecular formula is C12H16BrN3. The average molecular weight is 282 g/mol. The van der Waals surface area contributed by atoms with Crippen LogP contribution in [0.25, 0.3) is 0 Å². The summed E-state index contributed by atoms with van der Waals surface area (Å²) in [5.41, 5.74) is 0. The summed E-state index contributed by atoms with van der Waals surface area (Å²) in [6, 6.07) is 4.94. The molecule has 1 aromatic heterocycles. The molecule has 1 aromatic rings. The average Bonchev–Trinajstić information content (AvgIpc) is 2.77. The number of halogens is 1. The third kappa shape index (κ3) is 1.96. The Morgan fingerprint density at radius 1 is 1.25 bits per heavy atom. The quantitative estimate of drug-likeness (QED) is 0.786. The van der Waals surface area contributed by atoms with Crippen LogP contribution in [0.15, 0.2) is 22.8 Å². The van der Waals surface area contributed by atoms with Crippen molar-refractivity contribution in [2.45, 2.75) is 18.9 Å². The van der Waals surface area contributed by atoms with Gasteiger partial charge in [0.05, 0.1) is 0 Å². The number of hydrogen-bond acceptors (Lipinski definition) is 3. The van der Waals surface area contributed by atoms with Crippen molar-refractivity contribution in [1.82, 2.24) is 9.88 Å². The number of pyridine rings is 1. The lowest BCUT2D eigenvalue weighted by Gasteiger charge is -2.38. The Bertz CT molecular complexity index is 365. The maximum Gasteiger partial charge on any atom is 0.128 e. The van der Waals surface area contributed by atoms with Gasteiger partial charge in [-0.2, -0.15) is 0 Å². The summed E-state index contributed by atoms with van der Waals surface area (Å²) in [6.07, 6.45) is 4.61. The standard InChI is InChI=1S/C12H16BrN3/c13-10-3-4-12(14-8-10)16-7-6-15-5-1-2-11(15)9-16/h3-4,8,11H,1-2,5-7,9H2. The van der Waals surface area contributed by atoms with Gasteiger partial charge in [-0.15, -0.1) is 0 Å². The number of anilines is 1. The molecule has 0 radical (unpaired) electrons.